The molecule has 0 aromatic heterocycles. The molecule has 19 heavy (non-hydrogen) atoms. The number of morpholine rings is 1. The monoisotopic (exact) mass is 272 g/mol. The van der Waals surface area contributed by atoms with E-state index in [0.717, 1.165) is 39.1 Å². The molecule has 1 aliphatic rings. The fourth-order valence-electron chi connectivity index (χ4n) is 2.44. The lowest BCUT2D eigenvalue weighted by atomic mass is 9.95. The van der Waals surface area contributed by atoms with Crippen molar-refractivity contribution in [3.63, 3.8) is 0 Å². The average Bonchev–Trinajstić information content (AvgIpc) is 2.34. The minimum absolute atomic E-state index is 0.104. The first-order chi connectivity index (χ1) is 8.79. The van der Waals surface area contributed by atoms with Gasteiger partial charge >= 0.3 is 5.97 Å². The highest BCUT2D eigenvalue weighted by Gasteiger charge is 2.31. The zero-order chi connectivity index (χ0) is 14.5. The zero-order valence-corrected chi connectivity index (χ0v) is 12.7. The molecule has 0 aromatic carbocycles. The van der Waals surface area contributed by atoms with Crippen LogP contribution in [0.3, 0.4) is 0 Å². The largest absolute Gasteiger partial charge is 0.468 e. The van der Waals surface area contributed by atoms with Gasteiger partial charge in [0.05, 0.1) is 20.3 Å². The van der Waals surface area contributed by atoms with E-state index in [0.29, 0.717) is 6.42 Å². The van der Waals surface area contributed by atoms with Crippen LogP contribution in [0.4, 0.5) is 0 Å². The fourth-order valence-corrected chi connectivity index (χ4v) is 2.44. The van der Waals surface area contributed by atoms with E-state index in [2.05, 4.69) is 18.7 Å². The van der Waals surface area contributed by atoms with Gasteiger partial charge in [0.25, 0.3) is 0 Å². The van der Waals surface area contributed by atoms with Crippen LogP contribution in [0.1, 0.15) is 40.0 Å². The van der Waals surface area contributed by atoms with Crippen molar-refractivity contribution in [2.75, 3.05) is 33.4 Å². The number of nitrogens with two attached hydrogens (primary N) is 1. The maximum absolute atomic E-state index is 11.5. The van der Waals surface area contributed by atoms with Crippen molar-refractivity contribution in [1.29, 1.82) is 0 Å². The van der Waals surface area contributed by atoms with Crippen LogP contribution in [0.5, 0.6) is 0 Å². The van der Waals surface area contributed by atoms with Crippen molar-refractivity contribution in [2.24, 2.45) is 5.73 Å². The molecule has 2 N–H and O–H groups in total. The Morgan fingerprint density at radius 3 is 2.74 bits per heavy atom. The van der Waals surface area contributed by atoms with E-state index in [-0.39, 0.29) is 11.5 Å². The summed E-state index contributed by atoms with van der Waals surface area (Å²) in [4.78, 5) is 13.9. The van der Waals surface area contributed by atoms with Gasteiger partial charge in [-0.05, 0) is 46.6 Å². The van der Waals surface area contributed by atoms with E-state index in [1.807, 2.05) is 0 Å². The molecule has 1 fully saturated rings. The standard InChI is InChI=1S/C14H28N2O3/c1-13(2)11-19-10-9-16(13)8-6-5-7-14(3,15)12(17)18-4/h5-11,15H2,1-4H3. The lowest BCUT2D eigenvalue weighted by Gasteiger charge is -2.42. The smallest absolute Gasteiger partial charge is 0.325 e. The Kier molecular flexibility index (Phi) is 5.77. The van der Waals surface area contributed by atoms with Crippen LogP contribution in [0, 0.1) is 0 Å². The second-order valence-corrected chi connectivity index (χ2v) is 6.22. The number of nitrogens with zero attached hydrogens (tertiary/aromatic N) is 1. The predicted molar refractivity (Wildman–Crippen MR) is 74.9 cm³/mol. The minimum Gasteiger partial charge on any atom is -0.468 e. The lowest BCUT2D eigenvalue weighted by molar-refractivity contribution is -0.146. The van der Waals surface area contributed by atoms with Crippen LogP contribution in [-0.2, 0) is 14.3 Å². The Bertz CT molecular complexity index is 303. The third kappa shape index (κ3) is 4.75. The number of hydrogen-bond acceptors (Lipinski definition) is 5. The molecule has 0 spiro atoms. The molecular formula is C14H28N2O3. The summed E-state index contributed by atoms with van der Waals surface area (Å²) in [6, 6.07) is 0. The van der Waals surface area contributed by atoms with Crippen molar-refractivity contribution in [3.8, 4) is 0 Å². The summed E-state index contributed by atoms with van der Waals surface area (Å²) >= 11 is 0. The molecule has 1 aliphatic heterocycles. The molecule has 1 unspecified atom stereocenters. The van der Waals surface area contributed by atoms with E-state index in [4.69, 9.17) is 15.2 Å². The number of esters is 1. The normalized spacial score (nSPS) is 22.8. The van der Waals surface area contributed by atoms with Gasteiger partial charge in [-0.25, -0.2) is 0 Å². The topological polar surface area (TPSA) is 64.8 Å². The number of carbonyl (C=O) groups excluding carboxylic acids is 1. The molecule has 1 atom stereocenters. The van der Waals surface area contributed by atoms with Crippen LogP contribution in [0.25, 0.3) is 0 Å². The molecule has 5 heteroatoms. The van der Waals surface area contributed by atoms with Crippen LogP contribution in [0.15, 0.2) is 0 Å². The number of carbonyl (C=O) groups is 1. The average molecular weight is 272 g/mol. The first-order valence-electron chi connectivity index (χ1n) is 7.00. The van der Waals surface area contributed by atoms with E-state index in [1.165, 1.54) is 7.11 Å². The molecule has 0 aromatic rings. The van der Waals surface area contributed by atoms with Gasteiger partial charge in [-0.3, -0.25) is 9.69 Å². The Hall–Kier alpha value is -0.650. The fraction of sp³-hybridized carbons (Fsp3) is 0.929. The summed E-state index contributed by atoms with van der Waals surface area (Å²) in [5.41, 5.74) is 5.17. The predicted octanol–water partition coefficient (Wildman–Crippen LogP) is 1.16. The highest BCUT2D eigenvalue weighted by atomic mass is 16.5. The summed E-state index contributed by atoms with van der Waals surface area (Å²) in [6.07, 6.45) is 2.62. The number of rotatable bonds is 6. The summed E-state index contributed by atoms with van der Waals surface area (Å²) in [5.74, 6) is -0.334. The highest BCUT2D eigenvalue weighted by molar-refractivity contribution is 5.79. The summed E-state index contributed by atoms with van der Waals surface area (Å²) in [6.45, 7) is 9.72. The quantitative estimate of drug-likeness (QED) is 0.580. The first kappa shape index (κ1) is 16.4. The summed E-state index contributed by atoms with van der Waals surface area (Å²) < 4.78 is 10.2. The SMILES string of the molecule is COC(=O)C(C)(N)CCCCN1CCOCC1(C)C. The Morgan fingerprint density at radius 2 is 2.16 bits per heavy atom. The molecule has 112 valence electrons. The summed E-state index contributed by atoms with van der Waals surface area (Å²) in [7, 11) is 1.38. The molecule has 1 saturated heterocycles. The lowest BCUT2D eigenvalue weighted by Crippen LogP contribution is -2.53. The maximum Gasteiger partial charge on any atom is 0.325 e. The van der Waals surface area contributed by atoms with Gasteiger partial charge in [0.1, 0.15) is 5.54 Å². The zero-order valence-electron chi connectivity index (χ0n) is 12.7. The van der Waals surface area contributed by atoms with Crippen LogP contribution in [-0.4, -0.2) is 55.4 Å². The molecule has 1 heterocycles. The third-order valence-electron chi connectivity index (χ3n) is 3.84. The van der Waals surface area contributed by atoms with Gasteiger partial charge in [-0.2, -0.15) is 0 Å². The van der Waals surface area contributed by atoms with Crippen molar-refractivity contribution in [2.45, 2.75) is 51.1 Å². The van der Waals surface area contributed by atoms with E-state index < -0.39 is 5.54 Å². The van der Waals surface area contributed by atoms with E-state index in [9.17, 15) is 4.79 Å². The first-order valence-corrected chi connectivity index (χ1v) is 7.00. The second-order valence-electron chi connectivity index (χ2n) is 6.22. The van der Waals surface area contributed by atoms with Gasteiger partial charge in [0.2, 0.25) is 0 Å². The van der Waals surface area contributed by atoms with Crippen molar-refractivity contribution in [1.82, 2.24) is 4.90 Å². The molecule has 0 amide bonds. The molecule has 0 bridgehead atoms. The molecule has 1 rings (SSSR count). The number of ether oxygens (including phenoxy) is 2. The van der Waals surface area contributed by atoms with Gasteiger partial charge in [0, 0.05) is 12.1 Å². The summed E-state index contributed by atoms with van der Waals surface area (Å²) in [5, 5.41) is 0. The van der Waals surface area contributed by atoms with E-state index in [1.54, 1.807) is 6.92 Å². The number of methoxy groups -OCH3 is 1. The minimum atomic E-state index is -0.866. The third-order valence-corrected chi connectivity index (χ3v) is 3.84. The van der Waals surface area contributed by atoms with Crippen LogP contribution >= 0.6 is 0 Å². The Morgan fingerprint density at radius 1 is 1.47 bits per heavy atom. The van der Waals surface area contributed by atoms with E-state index >= 15 is 0 Å². The van der Waals surface area contributed by atoms with Crippen molar-refractivity contribution >= 4 is 5.97 Å². The molecule has 5 nitrogen and oxygen atoms in total. The van der Waals surface area contributed by atoms with Crippen LogP contribution in [0.2, 0.25) is 0 Å². The second kappa shape index (κ2) is 6.68. The van der Waals surface area contributed by atoms with Crippen molar-refractivity contribution < 1.29 is 14.3 Å². The molecule has 0 saturated carbocycles. The molecule has 0 radical (unpaired) electrons. The van der Waals surface area contributed by atoms with Gasteiger partial charge in [0.15, 0.2) is 0 Å². The highest BCUT2D eigenvalue weighted by Crippen LogP contribution is 2.20. The van der Waals surface area contributed by atoms with Gasteiger partial charge in [-0.1, -0.05) is 0 Å². The number of hydrogen-bond donors (Lipinski definition) is 1. The number of unbranched alkanes of at least 4 members (excludes halogenated alkanes) is 1. The van der Waals surface area contributed by atoms with Gasteiger partial charge in [-0.15, -0.1) is 0 Å². The maximum atomic E-state index is 11.5. The van der Waals surface area contributed by atoms with Crippen LogP contribution < -0.4 is 5.73 Å². The Labute approximate surface area is 116 Å². The van der Waals surface area contributed by atoms with Crippen molar-refractivity contribution in [3.05, 3.63) is 0 Å². The van der Waals surface area contributed by atoms with Gasteiger partial charge < -0.3 is 15.2 Å². The Balaban J connectivity index is 2.29. The molecular weight excluding hydrogens is 244 g/mol. The molecule has 0 aliphatic carbocycles.